The second-order valence-corrected chi connectivity index (χ2v) is 1.51. The van der Waals surface area contributed by atoms with Crippen molar-refractivity contribution < 1.29 is 111 Å². The normalized spacial score (nSPS) is 6.05. The van der Waals surface area contributed by atoms with E-state index in [4.69, 9.17) is 54.7 Å². The first kappa shape index (κ1) is 36.3. The van der Waals surface area contributed by atoms with Gasteiger partial charge >= 0.3 is 80.5 Å². The van der Waals surface area contributed by atoms with Crippen molar-refractivity contribution in [3.8, 4) is 0 Å². The first-order chi connectivity index (χ1) is 7.02. The molecule has 0 amide bonds. The van der Waals surface area contributed by atoms with E-state index in [-0.39, 0.29) is 56.6 Å². The first-order valence-corrected chi connectivity index (χ1v) is 2.92. The molecular weight excluding hydrogens is 256 g/mol. The molecule has 0 atom stereocenters. The third kappa shape index (κ3) is 74.1. The molecule has 0 aromatic rings. The SMILES string of the molecule is O=C(O)C(=O)O.O=C(O)C(=O)O.[Li+].[Li+].[Li+].[O-]B([O-])[O-]. The summed E-state index contributed by atoms with van der Waals surface area (Å²) in [5.74, 6) is -7.30. The summed E-state index contributed by atoms with van der Waals surface area (Å²) >= 11 is 0. The van der Waals surface area contributed by atoms with E-state index in [2.05, 4.69) is 0 Å². The van der Waals surface area contributed by atoms with E-state index in [1.165, 1.54) is 0 Å². The van der Waals surface area contributed by atoms with Crippen molar-refractivity contribution in [1.82, 2.24) is 0 Å². The number of hydrogen-bond donors (Lipinski definition) is 4. The standard InChI is InChI=1S/2C2H2O4.BO3.3Li/c2*3-1(4)2(5)6;2-1(3)4;;;/h2*(H,3,4)(H,5,6);;;;/q;;-3;3*+1. The Kier molecular flexibility index (Phi) is 43.5. The summed E-state index contributed by atoms with van der Waals surface area (Å²) in [6.07, 6.45) is 0. The Morgan fingerprint density at radius 3 is 0.632 bits per heavy atom. The van der Waals surface area contributed by atoms with Crippen LogP contribution in [0.15, 0.2) is 0 Å². The topological polar surface area (TPSA) is 218 Å². The molecule has 0 unspecified atom stereocenters. The van der Waals surface area contributed by atoms with Crippen molar-refractivity contribution in [2.24, 2.45) is 0 Å². The van der Waals surface area contributed by atoms with Gasteiger partial charge in [0, 0.05) is 0 Å². The van der Waals surface area contributed by atoms with Crippen LogP contribution in [0.4, 0.5) is 0 Å². The van der Waals surface area contributed by atoms with E-state index in [1.54, 1.807) is 0 Å². The van der Waals surface area contributed by atoms with Gasteiger partial charge in [-0.15, -0.1) is 0 Å². The number of hydrogen-bond acceptors (Lipinski definition) is 7. The van der Waals surface area contributed by atoms with Crippen LogP contribution < -0.4 is 71.7 Å². The van der Waals surface area contributed by atoms with Crippen molar-refractivity contribution in [2.75, 3.05) is 0 Å². The zero-order chi connectivity index (χ0) is 13.9. The van der Waals surface area contributed by atoms with Crippen LogP contribution in [-0.4, -0.2) is 51.6 Å². The van der Waals surface area contributed by atoms with Gasteiger partial charge in [-0.05, 0) is 0 Å². The summed E-state index contributed by atoms with van der Waals surface area (Å²) in [5.41, 5.74) is 0. The van der Waals surface area contributed by atoms with E-state index in [0.29, 0.717) is 0 Å². The van der Waals surface area contributed by atoms with Gasteiger partial charge in [0.25, 0.3) is 0 Å². The second kappa shape index (κ2) is 22.8. The van der Waals surface area contributed by atoms with Crippen LogP contribution >= 0.6 is 0 Å². The Hall–Kier alpha value is -0.383. The average molecular weight is 260 g/mol. The predicted molar refractivity (Wildman–Crippen MR) is 36.3 cm³/mol. The van der Waals surface area contributed by atoms with Gasteiger partial charge in [0.05, 0.1) is 0 Å². The third-order valence-corrected chi connectivity index (χ3v) is 0.366. The van der Waals surface area contributed by atoms with Crippen LogP contribution in [0.2, 0.25) is 0 Å². The van der Waals surface area contributed by atoms with Crippen LogP contribution in [0.25, 0.3) is 0 Å². The van der Waals surface area contributed by atoms with Crippen molar-refractivity contribution in [3.63, 3.8) is 0 Å². The van der Waals surface area contributed by atoms with Gasteiger partial charge in [0.15, 0.2) is 0 Å². The third-order valence-electron chi connectivity index (χ3n) is 0.366. The van der Waals surface area contributed by atoms with Crippen LogP contribution in [0, 0.1) is 0 Å². The fourth-order valence-electron chi connectivity index (χ4n) is 0. The minimum Gasteiger partial charge on any atom is -0.907 e. The van der Waals surface area contributed by atoms with Gasteiger partial charge < -0.3 is 35.5 Å². The van der Waals surface area contributed by atoms with Gasteiger partial charge in [-0.1, -0.05) is 0 Å². The summed E-state index contributed by atoms with van der Waals surface area (Å²) in [6.45, 7) is 0. The number of carbonyl (C=O) groups is 4. The molecule has 11 nitrogen and oxygen atoms in total. The van der Waals surface area contributed by atoms with Crippen LogP contribution in [-0.2, 0) is 19.2 Å². The molecular formula is C4H4BLi3O11. The number of carboxylic acid groups (broad SMARTS) is 4. The fraction of sp³-hybridized carbons (Fsp3) is 0. The van der Waals surface area contributed by atoms with Gasteiger partial charge in [-0.3, -0.25) is 7.32 Å². The molecule has 0 aliphatic carbocycles. The van der Waals surface area contributed by atoms with Crippen molar-refractivity contribution >= 4 is 31.2 Å². The monoisotopic (exact) mass is 260 g/mol. The molecule has 0 saturated carbocycles. The van der Waals surface area contributed by atoms with E-state index in [0.717, 1.165) is 0 Å². The molecule has 4 N–H and O–H groups in total. The fourth-order valence-corrected chi connectivity index (χ4v) is 0. The number of rotatable bonds is 0. The van der Waals surface area contributed by atoms with Crippen molar-refractivity contribution in [2.45, 2.75) is 0 Å². The molecule has 15 heteroatoms. The Balaban J connectivity index is -0.0000000315. The maximum Gasteiger partial charge on any atom is 1.00 e. The minimum atomic E-state index is -2.92. The van der Waals surface area contributed by atoms with Crippen LogP contribution in [0.1, 0.15) is 0 Å². The zero-order valence-corrected chi connectivity index (χ0v) is 10.2. The smallest absolute Gasteiger partial charge is 0.907 e. The maximum absolute atomic E-state index is 9.10. The molecule has 0 bridgehead atoms. The summed E-state index contributed by atoms with van der Waals surface area (Å²) < 4.78 is 0. The summed E-state index contributed by atoms with van der Waals surface area (Å²) in [4.78, 5) is 36.4. The van der Waals surface area contributed by atoms with Gasteiger partial charge in [-0.2, -0.15) is 0 Å². The van der Waals surface area contributed by atoms with E-state index in [9.17, 15) is 0 Å². The summed E-state index contributed by atoms with van der Waals surface area (Å²) in [6, 6.07) is 0. The Morgan fingerprint density at radius 2 is 0.632 bits per heavy atom. The summed E-state index contributed by atoms with van der Waals surface area (Å²) in [7, 11) is -2.92. The quantitative estimate of drug-likeness (QED) is 0.236. The Labute approximate surface area is 142 Å². The summed E-state index contributed by atoms with van der Waals surface area (Å²) in [5, 5.41) is 54.8. The van der Waals surface area contributed by atoms with E-state index < -0.39 is 31.2 Å². The minimum absolute atomic E-state index is 0. The van der Waals surface area contributed by atoms with Gasteiger partial charge in [0.1, 0.15) is 0 Å². The molecule has 0 rings (SSSR count). The van der Waals surface area contributed by atoms with E-state index in [1.807, 2.05) is 0 Å². The molecule has 0 aromatic carbocycles. The Bertz CT molecular complexity index is 218. The molecule has 0 radical (unpaired) electrons. The van der Waals surface area contributed by atoms with Crippen molar-refractivity contribution in [3.05, 3.63) is 0 Å². The predicted octanol–water partition coefficient (Wildman–Crippen LogP) is -14.6. The van der Waals surface area contributed by atoms with Crippen LogP contribution in [0.5, 0.6) is 0 Å². The average Bonchev–Trinajstić information content (AvgIpc) is 2.03. The van der Waals surface area contributed by atoms with Crippen molar-refractivity contribution in [1.29, 1.82) is 0 Å². The Morgan fingerprint density at radius 1 is 0.579 bits per heavy atom. The number of aliphatic carboxylic acids is 4. The van der Waals surface area contributed by atoms with E-state index >= 15 is 0 Å². The maximum atomic E-state index is 9.10. The van der Waals surface area contributed by atoms with Gasteiger partial charge in [-0.25, -0.2) is 19.2 Å². The molecule has 0 saturated heterocycles. The molecule has 0 heterocycles. The molecule has 0 fully saturated rings. The zero-order valence-electron chi connectivity index (χ0n) is 10.2. The van der Waals surface area contributed by atoms with Gasteiger partial charge in [0.2, 0.25) is 0 Å². The number of carboxylic acids is 4. The molecule has 0 aliphatic rings. The molecule has 0 aromatic heterocycles. The largest absolute Gasteiger partial charge is 1.00 e. The molecule has 92 valence electrons. The molecule has 0 spiro atoms. The molecule has 0 aliphatic heterocycles. The first-order valence-electron chi connectivity index (χ1n) is 2.92. The molecule has 19 heavy (non-hydrogen) atoms. The second-order valence-electron chi connectivity index (χ2n) is 1.51. The van der Waals surface area contributed by atoms with Crippen LogP contribution in [0.3, 0.4) is 0 Å².